The van der Waals surface area contributed by atoms with Gasteiger partial charge in [-0.25, -0.2) is 4.79 Å². The van der Waals surface area contributed by atoms with Crippen molar-refractivity contribution in [2.45, 2.75) is 13.3 Å². The van der Waals surface area contributed by atoms with Crippen LogP contribution in [-0.4, -0.2) is 23.8 Å². The predicted octanol–water partition coefficient (Wildman–Crippen LogP) is 3.42. The van der Waals surface area contributed by atoms with Gasteiger partial charge in [-0.05, 0) is 24.6 Å². The standard InChI is InChI=1S/C17H15NO6/c1-2-9-23-16-6-4-3-5-14(16)17(20)24-15-8-7-13(18(21)22)10-12(15)11-19/h3-8,10-11H,2,9H2,1H3. The first kappa shape index (κ1) is 17.1. The number of non-ortho nitro benzene ring substituents is 1. The van der Waals surface area contributed by atoms with E-state index >= 15 is 0 Å². The van der Waals surface area contributed by atoms with Crippen molar-refractivity contribution in [3.63, 3.8) is 0 Å². The number of carbonyl (C=O) groups excluding carboxylic acids is 2. The van der Waals surface area contributed by atoms with E-state index < -0.39 is 10.9 Å². The number of hydrogen-bond acceptors (Lipinski definition) is 6. The van der Waals surface area contributed by atoms with E-state index in [0.717, 1.165) is 18.6 Å². The quantitative estimate of drug-likeness (QED) is 0.254. The Morgan fingerprint density at radius 1 is 1.21 bits per heavy atom. The number of para-hydroxylation sites is 1. The van der Waals surface area contributed by atoms with Gasteiger partial charge in [0, 0.05) is 12.1 Å². The SMILES string of the molecule is CCCOc1ccccc1C(=O)Oc1ccc([N+](=O)[O-])cc1C=O. The summed E-state index contributed by atoms with van der Waals surface area (Å²) in [5.74, 6) is -0.386. The molecule has 0 spiro atoms. The zero-order valence-corrected chi connectivity index (χ0v) is 12.9. The van der Waals surface area contributed by atoms with Crippen LogP contribution in [0.15, 0.2) is 42.5 Å². The van der Waals surface area contributed by atoms with E-state index in [1.807, 2.05) is 6.92 Å². The second-order valence-electron chi connectivity index (χ2n) is 4.83. The van der Waals surface area contributed by atoms with Crippen LogP contribution in [0.3, 0.4) is 0 Å². The van der Waals surface area contributed by atoms with Crippen LogP contribution in [-0.2, 0) is 0 Å². The van der Waals surface area contributed by atoms with Crippen molar-refractivity contribution in [1.29, 1.82) is 0 Å². The summed E-state index contributed by atoms with van der Waals surface area (Å²) in [6.45, 7) is 2.38. The molecule has 0 amide bonds. The molecule has 2 aromatic rings. The molecule has 0 aromatic heterocycles. The maximum Gasteiger partial charge on any atom is 0.347 e. The molecular formula is C17H15NO6. The van der Waals surface area contributed by atoms with Crippen molar-refractivity contribution >= 4 is 17.9 Å². The van der Waals surface area contributed by atoms with Gasteiger partial charge in [-0.2, -0.15) is 0 Å². The largest absolute Gasteiger partial charge is 0.493 e. The van der Waals surface area contributed by atoms with Gasteiger partial charge in [-0.15, -0.1) is 0 Å². The van der Waals surface area contributed by atoms with Gasteiger partial charge >= 0.3 is 5.97 Å². The van der Waals surface area contributed by atoms with Gasteiger partial charge < -0.3 is 9.47 Å². The van der Waals surface area contributed by atoms with E-state index in [9.17, 15) is 19.7 Å². The molecule has 0 aliphatic heterocycles. The molecule has 124 valence electrons. The molecule has 2 aromatic carbocycles. The summed E-state index contributed by atoms with van der Waals surface area (Å²) in [5, 5.41) is 10.7. The smallest absolute Gasteiger partial charge is 0.347 e. The first-order valence-corrected chi connectivity index (χ1v) is 7.24. The zero-order valence-electron chi connectivity index (χ0n) is 12.9. The average Bonchev–Trinajstić information content (AvgIpc) is 2.60. The number of ether oxygens (including phenoxy) is 2. The molecule has 7 heteroatoms. The Kier molecular flexibility index (Phi) is 5.62. The molecule has 24 heavy (non-hydrogen) atoms. The monoisotopic (exact) mass is 329 g/mol. The lowest BCUT2D eigenvalue weighted by atomic mass is 10.2. The third-order valence-corrected chi connectivity index (χ3v) is 3.10. The van der Waals surface area contributed by atoms with E-state index in [1.165, 1.54) is 6.07 Å². The molecule has 0 heterocycles. The number of carbonyl (C=O) groups is 2. The van der Waals surface area contributed by atoms with Gasteiger partial charge in [0.05, 0.1) is 17.1 Å². The Bertz CT molecular complexity index is 771. The number of aldehydes is 1. The van der Waals surface area contributed by atoms with Crippen molar-refractivity contribution in [1.82, 2.24) is 0 Å². The first-order valence-electron chi connectivity index (χ1n) is 7.24. The van der Waals surface area contributed by atoms with E-state index in [2.05, 4.69) is 0 Å². The molecule has 0 aliphatic carbocycles. The highest BCUT2D eigenvalue weighted by Gasteiger charge is 2.18. The Labute approximate surface area is 138 Å². The molecule has 0 atom stereocenters. The summed E-state index contributed by atoms with van der Waals surface area (Å²) in [5.41, 5.74) is -0.130. The average molecular weight is 329 g/mol. The minimum absolute atomic E-state index is 0.0501. The fourth-order valence-electron chi connectivity index (χ4n) is 1.96. The summed E-state index contributed by atoms with van der Waals surface area (Å²) < 4.78 is 10.7. The molecule has 0 bridgehead atoms. The van der Waals surface area contributed by atoms with Gasteiger partial charge in [0.1, 0.15) is 17.1 Å². The predicted molar refractivity (Wildman–Crippen MR) is 85.7 cm³/mol. The van der Waals surface area contributed by atoms with Gasteiger partial charge in [0.25, 0.3) is 5.69 Å². The van der Waals surface area contributed by atoms with Crippen LogP contribution in [0, 0.1) is 10.1 Å². The van der Waals surface area contributed by atoms with Crippen LogP contribution in [0.4, 0.5) is 5.69 Å². The van der Waals surface area contributed by atoms with E-state index in [4.69, 9.17) is 9.47 Å². The van der Waals surface area contributed by atoms with Gasteiger partial charge in [0.15, 0.2) is 6.29 Å². The molecule has 2 rings (SSSR count). The minimum atomic E-state index is -0.710. The van der Waals surface area contributed by atoms with Crippen molar-refractivity contribution in [3.05, 3.63) is 63.7 Å². The van der Waals surface area contributed by atoms with Crippen molar-refractivity contribution in [2.75, 3.05) is 6.61 Å². The highest BCUT2D eigenvalue weighted by Crippen LogP contribution is 2.25. The van der Waals surface area contributed by atoms with E-state index in [0.29, 0.717) is 18.6 Å². The fourth-order valence-corrected chi connectivity index (χ4v) is 1.96. The number of hydrogen-bond donors (Lipinski definition) is 0. The van der Waals surface area contributed by atoms with Crippen LogP contribution in [0.2, 0.25) is 0 Å². The Balaban J connectivity index is 2.27. The first-order chi connectivity index (χ1) is 11.6. The summed E-state index contributed by atoms with van der Waals surface area (Å²) in [7, 11) is 0. The maximum absolute atomic E-state index is 12.3. The zero-order chi connectivity index (χ0) is 17.5. The van der Waals surface area contributed by atoms with Crippen LogP contribution in [0.5, 0.6) is 11.5 Å². The van der Waals surface area contributed by atoms with Crippen LogP contribution >= 0.6 is 0 Å². The molecule has 0 radical (unpaired) electrons. The van der Waals surface area contributed by atoms with Crippen molar-refractivity contribution in [3.8, 4) is 11.5 Å². The Hall–Kier alpha value is -3.22. The second kappa shape index (κ2) is 7.87. The molecule has 0 saturated carbocycles. The Morgan fingerprint density at radius 3 is 2.62 bits per heavy atom. The van der Waals surface area contributed by atoms with Crippen LogP contribution in [0.1, 0.15) is 34.1 Å². The summed E-state index contributed by atoms with van der Waals surface area (Å²) in [4.78, 5) is 33.5. The van der Waals surface area contributed by atoms with Gasteiger partial charge in [-0.3, -0.25) is 14.9 Å². The lowest BCUT2D eigenvalue weighted by Crippen LogP contribution is -2.12. The van der Waals surface area contributed by atoms with Gasteiger partial charge in [0.2, 0.25) is 0 Å². The third kappa shape index (κ3) is 3.95. The third-order valence-electron chi connectivity index (χ3n) is 3.10. The minimum Gasteiger partial charge on any atom is -0.493 e. The van der Waals surface area contributed by atoms with E-state index in [-0.39, 0.29) is 22.6 Å². The number of nitro groups is 1. The van der Waals surface area contributed by atoms with Crippen LogP contribution < -0.4 is 9.47 Å². The van der Waals surface area contributed by atoms with Crippen molar-refractivity contribution in [2.24, 2.45) is 0 Å². The topological polar surface area (TPSA) is 95.7 Å². The number of esters is 1. The maximum atomic E-state index is 12.3. The molecule has 0 unspecified atom stereocenters. The molecule has 0 aliphatic rings. The number of nitro benzene ring substituents is 1. The molecule has 0 saturated heterocycles. The molecule has 0 fully saturated rings. The number of nitrogens with zero attached hydrogens (tertiary/aromatic N) is 1. The normalized spacial score (nSPS) is 10.0. The highest BCUT2D eigenvalue weighted by atomic mass is 16.6. The number of benzene rings is 2. The Morgan fingerprint density at radius 2 is 1.96 bits per heavy atom. The summed E-state index contributed by atoms with van der Waals surface area (Å²) >= 11 is 0. The number of rotatable bonds is 7. The van der Waals surface area contributed by atoms with E-state index in [1.54, 1.807) is 24.3 Å². The fraction of sp³-hybridized carbons (Fsp3) is 0.176. The van der Waals surface area contributed by atoms with Crippen LogP contribution in [0.25, 0.3) is 0 Å². The van der Waals surface area contributed by atoms with Gasteiger partial charge in [-0.1, -0.05) is 19.1 Å². The molecule has 0 N–H and O–H groups in total. The summed E-state index contributed by atoms with van der Waals surface area (Å²) in [6.07, 6.45) is 1.18. The van der Waals surface area contributed by atoms with Crippen molar-refractivity contribution < 1.29 is 24.0 Å². The lowest BCUT2D eigenvalue weighted by molar-refractivity contribution is -0.384. The summed E-state index contributed by atoms with van der Waals surface area (Å²) in [6, 6.07) is 10.00. The lowest BCUT2D eigenvalue weighted by Gasteiger charge is -2.11. The molecule has 7 nitrogen and oxygen atoms in total. The highest BCUT2D eigenvalue weighted by molar-refractivity contribution is 5.95. The molecular weight excluding hydrogens is 314 g/mol. The second-order valence-corrected chi connectivity index (χ2v) is 4.83.